The summed E-state index contributed by atoms with van der Waals surface area (Å²) >= 11 is 1.90. The Labute approximate surface area is 87.0 Å². The average molecular weight is 173 g/mol. The van der Waals surface area contributed by atoms with Crippen LogP contribution in [0.1, 0.15) is 12.8 Å². The van der Waals surface area contributed by atoms with E-state index >= 15 is 0 Å². The summed E-state index contributed by atoms with van der Waals surface area (Å²) in [5, 5.41) is 3.22. The summed E-state index contributed by atoms with van der Waals surface area (Å²) in [5.74, 6) is 0. The maximum absolute atomic E-state index is 3.22. The van der Waals surface area contributed by atoms with Gasteiger partial charge in [0.25, 0.3) is 0 Å². The maximum Gasteiger partial charge on any atom is 1.47 e. The summed E-state index contributed by atoms with van der Waals surface area (Å²) in [6.07, 6.45) is 2.78. The molecule has 0 aromatic heterocycles. The first-order valence-corrected chi connectivity index (χ1v) is 5.18. The maximum atomic E-state index is 3.22. The van der Waals surface area contributed by atoms with Gasteiger partial charge in [-0.05, 0) is 25.9 Å². The van der Waals surface area contributed by atoms with Gasteiger partial charge in [-0.15, -0.1) is 0 Å². The molecule has 0 spiro atoms. The van der Waals surface area contributed by atoms with Gasteiger partial charge in [-0.1, -0.05) is 18.2 Å². The van der Waals surface area contributed by atoms with E-state index in [0.29, 0.717) is 0 Å². The molecule has 1 aliphatic rings. The van der Waals surface area contributed by atoms with E-state index in [1.165, 1.54) is 29.6 Å². The molecule has 59 valence electrons. The zero-order valence-electron chi connectivity index (χ0n) is 7.42. The van der Waals surface area contributed by atoms with Crippen LogP contribution in [0.2, 0.25) is 0 Å². The molecule has 2 heteroatoms. The molecule has 1 N–H and O–H groups in total. The first-order valence-electron chi connectivity index (χ1n) is 4.47. The molecule has 1 aliphatic heterocycles. The van der Waals surface area contributed by atoms with Gasteiger partial charge in [-0.2, -0.15) is 0 Å². The van der Waals surface area contributed by atoms with Crippen LogP contribution >= 0.6 is 0 Å². The van der Waals surface area contributed by atoms with Crippen molar-refractivity contribution in [2.45, 2.75) is 12.8 Å². The molecule has 0 amide bonds. The SMILES string of the molecule is C1CCNC1.[Mg+2][c]1ccccc1. The summed E-state index contributed by atoms with van der Waals surface area (Å²) in [6.45, 7) is 2.50. The predicted molar refractivity (Wildman–Crippen MR) is 53.9 cm³/mol. The highest BCUT2D eigenvalue weighted by atomic mass is 24.4. The molecule has 0 bridgehead atoms. The largest absolute Gasteiger partial charge is 1.47 e. The Hall–Kier alpha value is -0.0538. The summed E-state index contributed by atoms with van der Waals surface area (Å²) < 4.78 is 1.35. The van der Waals surface area contributed by atoms with E-state index in [0.717, 1.165) is 0 Å². The van der Waals surface area contributed by atoms with Crippen LogP contribution in [0.5, 0.6) is 0 Å². The van der Waals surface area contributed by atoms with Gasteiger partial charge in [0.2, 0.25) is 0 Å². The molecule has 12 heavy (non-hydrogen) atoms. The molecule has 1 heterocycles. The molecule has 0 aliphatic carbocycles. The third-order valence-corrected chi connectivity index (χ3v) is 2.27. The number of rotatable bonds is 0. The van der Waals surface area contributed by atoms with E-state index in [2.05, 4.69) is 17.4 Å². The van der Waals surface area contributed by atoms with Crippen LogP contribution < -0.4 is 9.01 Å². The zero-order valence-corrected chi connectivity index (χ0v) is 8.84. The lowest BCUT2D eigenvalue weighted by molar-refractivity contribution is 0.857. The second kappa shape index (κ2) is 6.46. The number of benzene rings is 1. The summed E-state index contributed by atoms with van der Waals surface area (Å²) in [7, 11) is 0. The lowest BCUT2D eigenvalue weighted by Crippen LogP contribution is -2.03. The van der Waals surface area contributed by atoms with Crippen LogP contribution in [-0.2, 0) is 0 Å². The van der Waals surface area contributed by atoms with Crippen molar-refractivity contribution in [3.8, 4) is 0 Å². The topological polar surface area (TPSA) is 12.0 Å². The number of hydrogen-bond acceptors (Lipinski definition) is 1. The average Bonchev–Trinajstić information content (AvgIpc) is 2.62. The predicted octanol–water partition coefficient (Wildman–Crippen LogP) is 0.850. The van der Waals surface area contributed by atoms with Gasteiger partial charge < -0.3 is 5.32 Å². The molecule has 1 aromatic carbocycles. The Morgan fingerprint density at radius 1 is 1.00 bits per heavy atom. The fraction of sp³-hybridized carbons (Fsp3) is 0.400. The molecular formula is C10H14MgN+2. The van der Waals surface area contributed by atoms with Gasteiger partial charge in [-0.25, -0.2) is 0 Å². The summed E-state index contributed by atoms with van der Waals surface area (Å²) in [6, 6.07) is 10.3. The van der Waals surface area contributed by atoms with Crippen molar-refractivity contribution in [3.05, 3.63) is 30.3 Å². The van der Waals surface area contributed by atoms with E-state index in [1.54, 1.807) is 0 Å². The van der Waals surface area contributed by atoms with Crippen LogP contribution in [0.4, 0.5) is 0 Å². The number of hydrogen-bond donors (Lipinski definition) is 1. The minimum absolute atomic E-state index is 1.25. The molecule has 1 aromatic rings. The molecular weight excluding hydrogens is 158 g/mol. The van der Waals surface area contributed by atoms with Crippen molar-refractivity contribution in [1.82, 2.24) is 5.32 Å². The van der Waals surface area contributed by atoms with Crippen molar-refractivity contribution in [1.29, 1.82) is 0 Å². The molecule has 0 unspecified atom stereocenters. The van der Waals surface area contributed by atoms with Crippen LogP contribution in [0, 0.1) is 0 Å². The normalized spacial score (nSPS) is 15.1. The van der Waals surface area contributed by atoms with Gasteiger partial charge in [0.1, 0.15) is 0 Å². The molecule has 0 atom stereocenters. The van der Waals surface area contributed by atoms with Gasteiger partial charge in [0, 0.05) is 12.1 Å². The van der Waals surface area contributed by atoms with Crippen molar-refractivity contribution in [3.63, 3.8) is 0 Å². The summed E-state index contributed by atoms with van der Waals surface area (Å²) in [4.78, 5) is 0. The minimum Gasteiger partial charge on any atom is -0.317 e. The second-order valence-corrected chi connectivity index (χ2v) is 3.76. The lowest BCUT2D eigenvalue weighted by atomic mass is 10.4. The van der Waals surface area contributed by atoms with Crippen molar-refractivity contribution >= 4 is 25.4 Å². The smallest absolute Gasteiger partial charge is 0.317 e. The third kappa shape index (κ3) is 4.75. The highest BCUT2D eigenvalue weighted by Crippen LogP contribution is 1.90. The Bertz CT molecular complexity index is 187. The number of nitrogens with one attached hydrogen (secondary N) is 1. The fourth-order valence-corrected chi connectivity index (χ4v) is 1.38. The molecule has 7 radical (unpaired) electrons. The van der Waals surface area contributed by atoms with Crippen molar-refractivity contribution in [2.75, 3.05) is 13.1 Å². The second-order valence-electron chi connectivity index (χ2n) is 2.94. The van der Waals surface area contributed by atoms with Crippen molar-refractivity contribution < 1.29 is 0 Å². The van der Waals surface area contributed by atoms with E-state index in [9.17, 15) is 0 Å². The highest BCUT2D eigenvalue weighted by Gasteiger charge is 2.28. The van der Waals surface area contributed by atoms with Crippen LogP contribution in [-0.4, -0.2) is 34.8 Å². The Kier molecular flexibility index (Phi) is 5.40. The van der Waals surface area contributed by atoms with Gasteiger partial charge in [0.05, 0.1) is 0 Å². The monoisotopic (exact) mass is 172 g/mol. The Morgan fingerprint density at radius 3 is 1.83 bits per heavy atom. The van der Waals surface area contributed by atoms with Gasteiger partial charge >= 0.3 is 25.4 Å². The summed E-state index contributed by atoms with van der Waals surface area (Å²) in [5.41, 5.74) is 0. The molecule has 2 rings (SSSR count). The quantitative estimate of drug-likeness (QED) is 0.572. The zero-order chi connectivity index (χ0) is 8.65. The Morgan fingerprint density at radius 2 is 1.58 bits per heavy atom. The standard InChI is InChI=1S/C6H5.C4H9N.Mg/c1-2-4-6-5-3-1;1-2-4-5-3-1;/h1-5H;5H,1-4H2;/q;;+2. The molecule has 1 fully saturated rings. The van der Waals surface area contributed by atoms with E-state index in [-0.39, 0.29) is 0 Å². The van der Waals surface area contributed by atoms with E-state index in [1.807, 2.05) is 39.9 Å². The first kappa shape index (κ1) is 10.0. The Balaban J connectivity index is 0.000000127. The van der Waals surface area contributed by atoms with E-state index < -0.39 is 0 Å². The third-order valence-electron chi connectivity index (χ3n) is 1.80. The highest BCUT2D eigenvalue weighted by molar-refractivity contribution is 6.32. The van der Waals surface area contributed by atoms with Crippen LogP contribution in [0.15, 0.2) is 30.3 Å². The molecule has 1 saturated heterocycles. The van der Waals surface area contributed by atoms with Gasteiger partial charge in [-0.3, -0.25) is 0 Å². The van der Waals surface area contributed by atoms with Crippen molar-refractivity contribution in [2.24, 2.45) is 0 Å². The first-order chi connectivity index (χ1) is 5.89. The van der Waals surface area contributed by atoms with Gasteiger partial charge in [0.15, 0.2) is 0 Å². The van der Waals surface area contributed by atoms with Crippen LogP contribution in [0.3, 0.4) is 0 Å². The van der Waals surface area contributed by atoms with E-state index in [4.69, 9.17) is 0 Å². The molecule has 0 saturated carbocycles. The van der Waals surface area contributed by atoms with Crippen LogP contribution in [0.25, 0.3) is 0 Å². The molecule has 1 nitrogen and oxygen atoms in total. The lowest BCUT2D eigenvalue weighted by Gasteiger charge is -1.76. The minimum atomic E-state index is 1.25. The fourth-order valence-electron chi connectivity index (χ4n) is 1.10.